The minimum Gasteiger partial charge on any atom is -0.456 e. The largest absolute Gasteiger partial charge is 0.456 e. The average Bonchev–Trinajstić information content (AvgIpc) is 2.66. The van der Waals surface area contributed by atoms with Gasteiger partial charge in [-0.1, -0.05) is 58.0 Å². The van der Waals surface area contributed by atoms with Crippen LogP contribution in [0.25, 0.3) is 11.3 Å². The van der Waals surface area contributed by atoms with Gasteiger partial charge in [0.05, 0.1) is 5.69 Å². The lowest BCUT2D eigenvalue weighted by atomic mass is 9.75. The van der Waals surface area contributed by atoms with E-state index in [0.29, 0.717) is 11.3 Å². The zero-order valence-electron chi connectivity index (χ0n) is 19.6. The minimum atomic E-state index is -2.33. The second-order valence-corrected chi connectivity index (χ2v) is 7.52. The topological polar surface area (TPSA) is 22.1 Å². The zero-order chi connectivity index (χ0) is 21.9. The average molecular weight is 347 g/mol. The summed E-state index contributed by atoms with van der Waals surface area (Å²) >= 11 is 0. The van der Waals surface area contributed by atoms with Crippen molar-refractivity contribution in [3.8, 4) is 22.8 Å². The van der Waals surface area contributed by atoms with E-state index in [1.807, 2.05) is 30.3 Å². The highest BCUT2D eigenvalue weighted by atomic mass is 16.5. The molecule has 4 rings (SSSR count). The molecule has 0 aliphatic carbocycles. The van der Waals surface area contributed by atoms with Gasteiger partial charge < -0.3 is 4.74 Å². The number of nitrogens with zero attached hydrogens (tertiary/aromatic N) is 1. The molecule has 2 heteroatoms. The maximum absolute atomic E-state index is 8.49. The second kappa shape index (κ2) is 5.98. The third-order valence-electron chi connectivity index (χ3n) is 5.18. The fraction of sp³-hybridized carbons (Fsp3) is 0.292. The van der Waals surface area contributed by atoms with E-state index in [4.69, 9.17) is 10.2 Å². The van der Waals surface area contributed by atoms with Crippen LogP contribution in [0.2, 0.25) is 0 Å². The molecule has 0 bridgehead atoms. The SMILES string of the molecule is [2H]C([2H])([2H])c1cnc(-c2cccc3c2Oc2ccccc2C3(C)C)cc1C([2H])(C)C. The molecule has 1 aliphatic rings. The molecule has 0 fully saturated rings. The third kappa shape index (κ3) is 2.52. The molecule has 0 radical (unpaired) electrons. The van der Waals surface area contributed by atoms with E-state index in [1.54, 1.807) is 19.9 Å². The highest BCUT2D eigenvalue weighted by Gasteiger charge is 2.35. The molecule has 1 aromatic heterocycles. The van der Waals surface area contributed by atoms with Crippen LogP contribution in [0.5, 0.6) is 11.5 Å². The van der Waals surface area contributed by atoms with Crippen LogP contribution in [-0.4, -0.2) is 4.98 Å². The number of aromatic nitrogens is 1. The minimum absolute atomic E-state index is 0.114. The van der Waals surface area contributed by atoms with Crippen LogP contribution >= 0.6 is 0 Å². The Morgan fingerprint density at radius 3 is 2.62 bits per heavy atom. The van der Waals surface area contributed by atoms with E-state index in [-0.39, 0.29) is 11.0 Å². The van der Waals surface area contributed by atoms with Crippen LogP contribution in [0.4, 0.5) is 0 Å². The quantitative estimate of drug-likeness (QED) is 0.520. The Bertz CT molecular complexity index is 1130. The summed E-state index contributed by atoms with van der Waals surface area (Å²) in [5.41, 5.74) is 3.86. The molecule has 1 aliphatic heterocycles. The molecule has 132 valence electrons. The number of pyridine rings is 1. The Kier molecular flexibility index (Phi) is 2.92. The van der Waals surface area contributed by atoms with Gasteiger partial charge in [-0.2, -0.15) is 0 Å². The van der Waals surface area contributed by atoms with E-state index in [1.165, 1.54) is 6.20 Å². The van der Waals surface area contributed by atoms with Gasteiger partial charge in [-0.25, -0.2) is 0 Å². The molecule has 0 atom stereocenters. The van der Waals surface area contributed by atoms with Crippen molar-refractivity contribution in [2.24, 2.45) is 0 Å². The predicted octanol–water partition coefficient (Wildman–Crippen LogP) is 6.61. The molecule has 2 nitrogen and oxygen atoms in total. The first-order chi connectivity index (χ1) is 13.9. The number of ether oxygens (including phenoxy) is 1. The molecule has 0 N–H and O–H groups in total. The smallest absolute Gasteiger partial charge is 0.140 e. The molecule has 0 saturated heterocycles. The molecule has 0 unspecified atom stereocenters. The molecule has 0 amide bonds. The van der Waals surface area contributed by atoms with Crippen molar-refractivity contribution in [3.05, 3.63) is 77.0 Å². The van der Waals surface area contributed by atoms with Crippen LogP contribution in [0.15, 0.2) is 54.7 Å². The Balaban J connectivity index is 1.93. The maximum atomic E-state index is 8.49. The lowest BCUT2D eigenvalue weighted by Crippen LogP contribution is -2.24. The number of benzene rings is 2. The highest BCUT2D eigenvalue weighted by Crippen LogP contribution is 2.50. The molecule has 0 saturated carbocycles. The number of aryl methyl sites for hydroxylation is 1. The number of rotatable bonds is 2. The summed E-state index contributed by atoms with van der Waals surface area (Å²) in [7, 11) is 0. The van der Waals surface area contributed by atoms with E-state index in [9.17, 15) is 0 Å². The fourth-order valence-corrected chi connectivity index (χ4v) is 3.68. The zero-order valence-corrected chi connectivity index (χ0v) is 15.6. The Labute approximate surface area is 161 Å². The summed E-state index contributed by atoms with van der Waals surface area (Å²) in [6, 6.07) is 15.7. The Morgan fingerprint density at radius 2 is 1.85 bits per heavy atom. The molecule has 2 heterocycles. The monoisotopic (exact) mass is 347 g/mol. The number of fused-ring (bicyclic) bond motifs is 2. The molecule has 2 aromatic carbocycles. The van der Waals surface area contributed by atoms with Gasteiger partial charge in [0.15, 0.2) is 0 Å². The van der Waals surface area contributed by atoms with Crippen molar-refractivity contribution < 1.29 is 10.2 Å². The van der Waals surface area contributed by atoms with E-state index < -0.39 is 12.7 Å². The summed E-state index contributed by atoms with van der Waals surface area (Å²) in [5.74, 6) is 0.454. The van der Waals surface area contributed by atoms with Gasteiger partial charge in [0, 0.05) is 33.8 Å². The molecule has 3 aromatic rings. The van der Waals surface area contributed by atoms with E-state index >= 15 is 0 Å². The van der Waals surface area contributed by atoms with Crippen molar-refractivity contribution >= 4 is 0 Å². The van der Waals surface area contributed by atoms with Crippen molar-refractivity contribution in [2.75, 3.05) is 0 Å². The van der Waals surface area contributed by atoms with Crippen LogP contribution in [0.1, 0.15) is 61.3 Å². The van der Waals surface area contributed by atoms with Crippen LogP contribution in [0.3, 0.4) is 0 Å². The van der Waals surface area contributed by atoms with Crippen LogP contribution in [-0.2, 0) is 5.41 Å². The van der Waals surface area contributed by atoms with Gasteiger partial charge in [0.25, 0.3) is 0 Å². The van der Waals surface area contributed by atoms with Gasteiger partial charge in [0.1, 0.15) is 11.5 Å². The van der Waals surface area contributed by atoms with Gasteiger partial charge in [-0.3, -0.25) is 4.98 Å². The first-order valence-electron chi connectivity index (χ1n) is 10.8. The fourth-order valence-electron chi connectivity index (χ4n) is 3.68. The Hall–Kier alpha value is -2.61. The molecular weight excluding hydrogens is 318 g/mol. The standard InChI is InChI=1S/C24H25NO/c1-15(2)18-13-21(25-14-16(18)3)17-9-8-11-20-23(17)26-22-12-7-6-10-19(22)24(20,4)5/h6-15H,1-5H3/i3D3,15D. The third-order valence-corrected chi connectivity index (χ3v) is 5.18. The summed E-state index contributed by atoms with van der Waals surface area (Å²) in [6.45, 7) is 5.39. The van der Waals surface area contributed by atoms with Crippen molar-refractivity contribution in [2.45, 2.75) is 45.9 Å². The van der Waals surface area contributed by atoms with Crippen LogP contribution in [0, 0.1) is 6.85 Å². The first-order valence-corrected chi connectivity index (χ1v) is 8.83. The molecule has 26 heavy (non-hydrogen) atoms. The Morgan fingerprint density at radius 1 is 1.08 bits per heavy atom. The number of hydrogen-bond acceptors (Lipinski definition) is 2. The maximum Gasteiger partial charge on any atom is 0.140 e. The number of hydrogen-bond donors (Lipinski definition) is 0. The van der Waals surface area contributed by atoms with Crippen molar-refractivity contribution in [1.29, 1.82) is 0 Å². The molecular formula is C24H25NO. The second-order valence-electron chi connectivity index (χ2n) is 7.52. The van der Waals surface area contributed by atoms with Gasteiger partial charge in [-0.15, -0.1) is 0 Å². The summed E-state index contributed by atoms with van der Waals surface area (Å²) < 4.78 is 38.3. The normalized spacial score (nSPS) is 17.7. The highest BCUT2D eigenvalue weighted by molar-refractivity contribution is 5.74. The lowest BCUT2D eigenvalue weighted by molar-refractivity contribution is 0.419. The number of para-hydroxylation sites is 2. The van der Waals surface area contributed by atoms with Gasteiger partial charge in [0.2, 0.25) is 0 Å². The predicted molar refractivity (Wildman–Crippen MR) is 107 cm³/mol. The first kappa shape index (κ1) is 12.7. The van der Waals surface area contributed by atoms with Crippen molar-refractivity contribution in [3.63, 3.8) is 0 Å². The summed E-state index contributed by atoms with van der Waals surface area (Å²) in [5, 5.41) is 0. The van der Waals surface area contributed by atoms with Crippen LogP contribution < -0.4 is 4.74 Å². The summed E-state index contributed by atoms with van der Waals surface area (Å²) in [6.07, 6.45) is 1.38. The van der Waals surface area contributed by atoms with E-state index in [2.05, 4.69) is 31.0 Å². The summed E-state index contributed by atoms with van der Waals surface area (Å²) in [4.78, 5) is 4.48. The van der Waals surface area contributed by atoms with Crippen molar-refractivity contribution in [1.82, 2.24) is 4.98 Å². The molecule has 0 spiro atoms. The lowest BCUT2D eigenvalue weighted by Gasteiger charge is -2.35. The van der Waals surface area contributed by atoms with Gasteiger partial charge in [-0.05, 0) is 42.1 Å². The van der Waals surface area contributed by atoms with E-state index in [0.717, 1.165) is 28.2 Å². The van der Waals surface area contributed by atoms with Gasteiger partial charge >= 0.3 is 0 Å².